The lowest BCUT2D eigenvalue weighted by Gasteiger charge is -2.34. The van der Waals surface area contributed by atoms with Crippen LogP contribution in [0, 0.1) is 6.92 Å². The van der Waals surface area contributed by atoms with E-state index in [-0.39, 0.29) is 29.0 Å². The maximum Gasteiger partial charge on any atom is 0.330 e. The van der Waals surface area contributed by atoms with E-state index < -0.39 is 15.9 Å². The lowest BCUT2D eigenvalue weighted by atomic mass is 10.1. The van der Waals surface area contributed by atoms with E-state index in [2.05, 4.69) is 25.3 Å². The molecule has 0 atom stereocenters. The second kappa shape index (κ2) is 9.42. The number of benzene rings is 1. The zero-order valence-electron chi connectivity index (χ0n) is 22.1. The number of hydrogen-bond donors (Lipinski definition) is 1. The lowest BCUT2D eigenvalue weighted by molar-refractivity contribution is 0.102. The van der Waals surface area contributed by atoms with Crippen molar-refractivity contribution in [1.82, 2.24) is 15.0 Å². The summed E-state index contributed by atoms with van der Waals surface area (Å²) in [4.78, 5) is 45.9. The van der Waals surface area contributed by atoms with Crippen LogP contribution in [-0.2, 0) is 21.1 Å². The summed E-state index contributed by atoms with van der Waals surface area (Å²) in [6.07, 6.45) is 3.92. The zero-order valence-corrected chi connectivity index (χ0v) is 22.9. The Morgan fingerprint density at radius 3 is 2.49 bits per heavy atom. The van der Waals surface area contributed by atoms with Crippen LogP contribution in [0.25, 0.3) is 0 Å². The van der Waals surface area contributed by atoms with Crippen LogP contribution in [0.3, 0.4) is 0 Å². The number of amides is 3. The first-order chi connectivity index (χ1) is 18.3. The number of aliphatic imine (C=N–C) groups is 1. The number of anilines is 3. The first-order valence-electron chi connectivity index (χ1n) is 12.0. The third-order valence-electron chi connectivity index (χ3n) is 6.28. The van der Waals surface area contributed by atoms with Gasteiger partial charge < -0.3 is 10.1 Å². The molecule has 3 aromatic rings. The van der Waals surface area contributed by atoms with E-state index in [0.29, 0.717) is 40.7 Å². The van der Waals surface area contributed by atoms with Gasteiger partial charge in [-0.05, 0) is 51.1 Å². The number of hydrogen-bond acceptors (Lipinski definition) is 9. The summed E-state index contributed by atoms with van der Waals surface area (Å²) in [5.74, 6) is 0.430. The molecular formula is C26H27N7O5S. The standard InChI is InChI=1S/C26H27N7O5S/c1-15-20(33-13-18-11-28-24(39(5,36)37)30-21(18)32(4)25(33)35)10-19(12-27-15)29-22(34)16-6-8-17(9-7-16)23-31-26(2,3)14-38-23/h6-12H,13-14H2,1-5H3,(H,29,34). The van der Waals surface area contributed by atoms with Crippen LogP contribution < -0.4 is 15.1 Å². The summed E-state index contributed by atoms with van der Waals surface area (Å²) in [5, 5.41) is 2.48. The number of urea groups is 1. The fraction of sp³-hybridized carbons (Fsp3) is 0.308. The van der Waals surface area contributed by atoms with E-state index in [1.165, 1.54) is 29.2 Å². The number of sulfone groups is 1. The van der Waals surface area contributed by atoms with Crippen molar-refractivity contribution in [3.05, 3.63) is 65.1 Å². The van der Waals surface area contributed by atoms with Gasteiger partial charge in [-0.2, -0.15) is 0 Å². The molecule has 3 amide bonds. The van der Waals surface area contributed by atoms with Gasteiger partial charge in [0.2, 0.25) is 20.9 Å². The maximum atomic E-state index is 13.2. The zero-order chi connectivity index (χ0) is 28.1. The van der Waals surface area contributed by atoms with Gasteiger partial charge in [-0.1, -0.05) is 0 Å². The van der Waals surface area contributed by atoms with Crippen molar-refractivity contribution < 1.29 is 22.7 Å². The molecule has 0 aliphatic carbocycles. The van der Waals surface area contributed by atoms with Crippen molar-refractivity contribution in [1.29, 1.82) is 0 Å². The quantitative estimate of drug-likeness (QED) is 0.478. The SMILES string of the molecule is Cc1ncc(NC(=O)c2ccc(C3=NC(C)(C)CO3)cc2)cc1N1Cc2cnc(S(C)(=O)=O)nc2N(C)C1=O. The highest BCUT2D eigenvalue weighted by Gasteiger charge is 2.33. The van der Waals surface area contributed by atoms with Crippen LogP contribution in [0.15, 0.2) is 52.9 Å². The van der Waals surface area contributed by atoms with Crippen LogP contribution in [0.1, 0.15) is 41.0 Å². The van der Waals surface area contributed by atoms with Gasteiger partial charge in [0.05, 0.1) is 35.3 Å². The Labute approximate surface area is 225 Å². The molecule has 1 aromatic carbocycles. The van der Waals surface area contributed by atoms with Gasteiger partial charge in [-0.25, -0.2) is 28.2 Å². The molecular weight excluding hydrogens is 522 g/mol. The number of aryl methyl sites for hydroxylation is 1. The van der Waals surface area contributed by atoms with E-state index in [1.54, 1.807) is 37.3 Å². The molecule has 2 aliphatic rings. The van der Waals surface area contributed by atoms with Crippen molar-refractivity contribution in [2.75, 3.05) is 35.0 Å². The molecule has 1 N–H and O–H groups in total. The second-order valence-electron chi connectivity index (χ2n) is 10.1. The Hall–Kier alpha value is -4.39. The largest absolute Gasteiger partial charge is 0.475 e. The van der Waals surface area contributed by atoms with Crippen LogP contribution in [-0.4, -0.2) is 66.7 Å². The van der Waals surface area contributed by atoms with Crippen molar-refractivity contribution in [2.24, 2.45) is 4.99 Å². The van der Waals surface area contributed by atoms with Crippen molar-refractivity contribution in [3.63, 3.8) is 0 Å². The highest BCUT2D eigenvalue weighted by Crippen LogP contribution is 2.32. The van der Waals surface area contributed by atoms with Gasteiger partial charge >= 0.3 is 6.03 Å². The van der Waals surface area contributed by atoms with Crippen LogP contribution in [0.4, 0.5) is 22.0 Å². The number of pyridine rings is 1. The van der Waals surface area contributed by atoms with Crippen molar-refractivity contribution in [3.8, 4) is 0 Å². The number of rotatable bonds is 5. The second-order valence-corrected chi connectivity index (χ2v) is 12.0. The molecule has 5 rings (SSSR count). The number of aromatic nitrogens is 3. The Morgan fingerprint density at radius 2 is 1.85 bits per heavy atom. The van der Waals surface area contributed by atoms with E-state index in [1.807, 2.05) is 13.8 Å². The van der Waals surface area contributed by atoms with Gasteiger partial charge in [0.15, 0.2) is 0 Å². The predicted octanol–water partition coefficient (Wildman–Crippen LogP) is 2.97. The minimum atomic E-state index is -3.64. The lowest BCUT2D eigenvalue weighted by Crippen LogP contribution is -2.46. The fourth-order valence-corrected chi connectivity index (χ4v) is 4.72. The van der Waals surface area contributed by atoms with Gasteiger partial charge in [-0.15, -0.1) is 0 Å². The van der Waals surface area contributed by atoms with Crippen LogP contribution in [0.5, 0.6) is 0 Å². The molecule has 13 heteroatoms. The number of ether oxygens (including phenoxy) is 1. The van der Waals surface area contributed by atoms with Crippen LogP contribution >= 0.6 is 0 Å². The van der Waals surface area contributed by atoms with E-state index in [4.69, 9.17) is 4.74 Å². The van der Waals surface area contributed by atoms with E-state index in [9.17, 15) is 18.0 Å². The topological polar surface area (TPSA) is 147 Å². The van der Waals surface area contributed by atoms with Gasteiger partial charge in [0, 0.05) is 36.2 Å². The highest BCUT2D eigenvalue weighted by atomic mass is 32.2. The minimum absolute atomic E-state index is 0.104. The molecule has 4 heterocycles. The number of carbonyl (C=O) groups excluding carboxylic acids is 2. The number of fused-ring (bicyclic) bond motifs is 1. The summed E-state index contributed by atoms with van der Waals surface area (Å²) in [7, 11) is -2.13. The molecule has 202 valence electrons. The summed E-state index contributed by atoms with van der Waals surface area (Å²) < 4.78 is 29.4. The third-order valence-corrected chi connectivity index (χ3v) is 7.14. The Kier molecular flexibility index (Phi) is 6.33. The van der Waals surface area contributed by atoms with Crippen LogP contribution in [0.2, 0.25) is 0 Å². The molecule has 2 aromatic heterocycles. The summed E-state index contributed by atoms with van der Waals surface area (Å²) in [6, 6.07) is 8.19. The predicted molar refractivity (Wildman–Crippen MR) is 145 cm³/mol. The first-order valence-corrected chi connectivity index (χ1v) is 13.9. The average Bonchev–Trinajstić information content (AvgIpc) is 3.26. The summed E-state index contributed by atoms with van der Waals surface area (Å²) in [6.45, 7) is 6.33. The van der Waals surface area contributed by atoms with E-state index in [0.717, 1.165) is 11.8 Å². The Bertz CT molecular complexity index is 1630. The molecule has 12 nitrogen and oxygen atoms in total. The molecule has 39 heavy (non-hydrogen) atoms. The van der Waals surface area contributed by atoms with E-state index >= 15 is 0 Å². The number of nitrogens with zero attached hydrogens (tertiary/aromatic N) is 6. The van der Waals surface area contributed by atoms with Gasteiger partial charge in [0.25, 0.3) is 5.91 Å². The normalized spacial score (nSPS) is 16.4. The monoisotopic (exact) mass is 549 g/mol. The van der Waals surface area contributed by atoms with Crippen molar-refractivity contribution >= 4 is 44.9 Å². The molecule has 0 fully saturated rings. The van der Waals surface area contributed by atoms with Gasteiger partial charge in [-0.3, -0.25) is 19.6 Å². The highest BCUT2D eigenvalue weighted by molar-refractivity contribution is 7.90. The third kappa shape index (κ3) is 5.17. The number of carbonyl (C=O) groups is 2. The fourth-order valence-electron chi connectivity index (χ4n) is 4.22. The molecule has 0 spiro atoms. The summed E-state index contributed by atoms with van der Waals surface area (Å²) in [5.41, 5.74) is 2.96. The Morgan fingerprint density at radius 1 is 1.13 bits per heavy atom. The van der Waals surface area contributed by atoms with Crippen molar-refractivity contribution in [2.45, 2.75) is 38.0 Å². The molecule has 0 saturated heterocycles. The first kappa shape index (κ1) is 26.2. The smallest absolute Gasteiger partial charge is 0.330 e. The Balaban J connectivity index is 1.36. The number of nitrogens with one attached hydrogen (secondary N) is 1. The molecule has 0 bridgehead atoms. The molecule has 0 saturated carbocycles. The average molecular weight is 550 g/mol. The maximum absolute atomic E-state index is 13.2. The molecule has 0 radical (unpaired) electrons. The molecule has 0 unspecified atom stereocenters. The summed E-state index contributed by atoms with van der Waals surface area (Å²) >= 11 is 0. The minimum Gasteiger partial charge on any atom is -0.475 e. The molecule has 2 aliphatic heterocycles. The van der Waals surface area contributed by atoms with Gasteiger partial charge in [0.1, 0.15) is 12.4 Å².